The van der Waals surface area contributed by atoms with Crippen molar-refractivity contribution in [2.45, 2.75) is 19.8 Å². The van der Waals surface area contributed by atoms with Gasteiger partial charge in [-0.05, 0) is 38.0 Å². The summed E-state index contributed by atoms with van der Waals surface area (Å²) in [6.45, 7) is 1.48. The lowest BCUT2D eigenvalue weighted by molar-refractivity contribution is -0.120. The van der Waals surface area contributed by atoms with Gasteiger partial charge >= 0.3 is 0 Å². The van der Waals surface area contributed by atoms with Crippen molar-refractivity contribution < 1.29 is 19.1 Å². The van der Waals surface area contributed by atoms with Gasteiger partial charge in [0.15, 0.2) is 17.3 Å². The van der Waals surface area contributed by atoms with Crippen molar-refractivity contribution in [1.29, 1.82) is 0 Å². The van der Waals surface area contributed by atoms with Gasteiger partial charge in [0, 0.05) is 5.56 Å². The molecule has 0 spiro atoms. The summed E-state index contributed by atoms with van der Waals surface area (Å²) < 4.78 is 10.3. The van der Waals surface area contributed by atoms with Gasteiger partial charge in [-0.15, -0.1) is 0 Å². The van der Waals surface area contributed by atoms with E-state index < -0.39 is 5.41 Å². The lowest BCUT2D eigenvalue weighted by Crippen LogP contribution is -2.23. The molecule has 2 rings (SSSR count). The lowest BCUT2D eigenvalue weighted by atomic mass is 9.91. The molecule has 0 bridgehead atoms. The van der Waals surface area contributed by atoms with Crippen molar-refractivity contribution in [2.24, 2.45) is 5.41 Å². The summed E-state index contributed by atoms with van der Waals surface area (Å²) in [4.78, 5) is 23.9. The molecule has 1 aliphatic carbocycles. The molecule has 1 aromatic rings. The molecular weight excluding hydrogens is 232 g/mol. The van der Waals surface area contributed by atoms with Gasteiger partial charge in [-0.25, -0.2) is 0 Å². The molecule has 0 N–H and O–H groups in total. The molecule has 1 aromatic carbocycles. The molecule has 1 fully saturated rings. The molecule has 0 aromatic heterocycles. The minimum Gasteiger partial charge on any atom is -0.493 e. The van der Waals surface area contributed by atoms with E-state index in [2.05, 4.69) is 0 Å². The van der Waals surface area contributed by atoms with Crippen LogP contribution in [0.25, 0.3) is 0 Å². The van der Waals surface area contributed by atoms with E-state index in [0.717, 1.165) is 0 Å². The van der Waals surface area contributed by atoms with E-state index in [1.165, 1.54) is 21.1 Å². The summed E-state index contributed by atoms with van der Waals surface area (Å²) in [5, 5.41) is 0. The second-order valence-electron chi connectivity index (χ2n) is 4.54. The lowest BCUT2D eigenvalue weighted by Gasteiger charge is -2.12. The van der Waals surface area contributed by atoms with E-state index in [1.54, 1.807) is 18.2 Å². The highest BCUT2D eigenvalue weighted by atomic mass is 16.5. The van der Waals surface area contributed by atoms with Gasteiger partial charge in [0.05, 0.1) is 19.6 Å². The van der Waals surface area contributed by atoms with Gasteiger partial charge in [0.1, 0.15) is 5.78 Å². The number of benzene rings is 1. The topological polar surface area (TPSA) is 52.6 Å². The van der Waals surface area contributed by atoms with Gasteiger partial charge in [-0.3, -0.25) is 9.59 Å². The fourth-order valence-corrected chi connectivity index (χ4v) is 2.12. The van der Waals surface area contributed by atoms with Crippen molar-refractivity contribution in [3.8, 4) is 11.5 Å². The van der Waals surface area contributed by atoms with Crippen LogP contribution in [0.5, 0.6) is 11.5 Å². The van der Waals surface area contributed by atoms with Crippen LogP contribution in [0.2, 0.25) is 0 Å². The van der Waals surface area contributed by atoms with E-state index in [9.17, 15) is 9.59 Å². The van der Waals surface area contributed by atoms with Crippen LogP contribution in [-0.2, 0) is 4.79 Å². The Morgan fingerprint density at radius 2 is 1.72 bits per heavy atom. The number of carbonyl (C=O) groups excluding carboxylic acids is 2. The number of ketones is 2. The van der Waals surface area contributed by atoms with Crippen LogP contribution in [0.4, 0.5) is 0 Å². The van der Waals surface area contributed by atoms with E-state index in [0.29, 0.717) is 29.9 Å². The Kier molecular flexibility index (Phi) is 3.11. The van der Waals surface area contributed by atoms with Crippen molar-refractivity contribution in [3.63, 3.8) is 0 Å². The van der Waals surface area contributed by atoms with Gasteiger partial charge in [0.25, 0.3) is 0 Å². The molecule has 1 aliphatic rings. The van der Waals surface area contributed by atoms with E-state index >= 15 is 0 Å². The Morgan fingerprint density at radius 3 is 2.17 bits per heavy atom. The van der Waals surface area contributed by atoms with Crippen LogP contribution < -0.4 is 9.47 Å². The number of carbonyl (C=O) groups is 2. The maximum absolute atomic E-state index is 12.3. The van der Waals surface area contributed by atoms with E-state index in [4.69, 9.17) is 9.47 Å². The first kappa shape index (κ1) is 12.6. The molecule has 1 saturated carbocycles. The molecule has 96 valence electrons. The molecule has 0 amide bonds. The third kappa shape index (κ3) is 1.88. The maximum Gasteiger partial charge on any atom is 0.176 e. The SMILES string of the molecule is COc1ccc(C(=O)C2(C(C)=O)CC2)cc1OC. The summed E-state index contributed by atoms with van der Waals surface area (Å²) in [5.74, 6) is 0.905. The number of methoxy groups -OCH3 is 2. The maximum atomic E-state index is 12.3. The second kappa shape index (κ2) is 4.44. The zero-order chi connectivity index (χ0) is 13.3. The number of Topliss-reactive ketones (excluding diaryl/α,β-unsaturated/α-hetero) is 2. The number of rotatable bonds is 5. The molecule has 0 atom stereocenters. The Balaban J connectivity index is 2.35. The summed E-state index contributed by atoms with van der Waals surface area (Å²) in [6, 6.07) is 4.99. The summed E-state index contributed by atoms with van der Waals surface area (Å²) in [5.41, 5.74) is -0.278. The second-order valence-corrected chi connectivity index (χ2v) is 4.54. The predicted molar refractivity (Wildman–Crippen MR) is 66.2 cm³/mol. The molecular formula is C14H16O4. The minimum atomic E-state index is -0.778. The van der Waals surface area contributed by atoms with Gasteiger partial charge in [-0.1, -0.05) is 0 Å². The quantitative estimate of drug-likeness (QED) is 0.592. The Labute approximate surface area is 106 Å². The van der Waals surface area contributed by atoms with Crippen LogP contribution in [0.1, 0.15) is 30.1 Å². The van der Waals surface area contributed by atoms with Crippen LogP contribution in [0, 0.1) is 5.41 Å². The van der Waals surface area contributed by atoms with Crippen LogP contribution in [0.3, 0.4) is 0 Å². The highest BCUT2D eigenvalue weighted by Crippen LogP contribution is 2.49. The first-order valence-corrected chi connectivity index (χ1v) is 5.83. The molecule has 0 saturated heterocycles. The minimum absolute atomic E-state index is 0.0534. The Hall–Kier alpha value is -1.84. The average Bonchev–Trinajstić information content (AvgIpc) is 3.18. The smallest absolute Gasteiger partial charge is 0.176 e. The highest BCUT2D eigenvalue weighted by molar-refractivity contribution is 6.16. The van der Waals surface area contributed by atoms with E-state index in [-0.39, 0.29) is 11.6 Å². The summed E-state index contributed by atoms with van der Waals surface area (Å²) in [6.07, 6.45) is 1.30. The Morgan fingerprint density at radius 1 is 1.11 bits per heavy atom. The van der Waals surface area contributed by atoms with Crippen LogP contribution in [0.15, 0.2) is 18.2 Å². The molecule has 4 nitrogen and oxygen atoms in total. The number of hydrogen-bond donors (Lipinski definition) is 0. The molecule has 0 aliphatic heterocycles. The fraction of sp³-hybridized carbons (Fsp3) is 0.429. The predicted octanol–water partition coefficient (Wildman–Crippen LogP) is 2.26. The van der Waals surface area contributed by atoms with Crippen molar-refractivity contribution in [2.75, 3.05) is 14.2 Å². The summed E-state index contributed by atoms with van der Waals surface area (Å²) >= 11 is 0. The molecule has 0 radical (unpaired) electrons. The number of hydrogen-bond acceptors (Lipinski definition) is 4. The van der Waals surface area contributed by atoms with Crippen LogP contribution in [-0.4, -0.2) is 25.8 Å². The normalized spacial score (nSPS) is 15.9. The zero-order valence-electron chi connectivity index (χ0n) is 10.8. The summed E-state index contributed by atoms with van der Waals surface area (Å²) in [7, 11) is 3.06. The highest BCUT2D eigenvalue weighted by Gasteiger charge is 2.54. The van der Waals surface area contributed by atoms with Gasteiger partial charge in [-0.2, -0.15) is 0 Å². The van der Waals surface area contributed by atoms with E-state index in [1.807, 2.05) is 0 Å². The molecule has 0 unspecified atom stereocenters. The van der Waals surface area contributed by atoms with Crippen LogP contribution >= 0.6 is 0 Å². The average molecular weight is 248 g/mol. The monoisotopic (exact) mass is 248 g/mol. The first-order valence-electron chi connectivity index (χ1n) is 5.83. The molecule has 0 heterocycles. The van der Waals surface area contributed by atoms with Gasteiger partial charge in [0.2, 0.25) is 0 Å². The molecule has 18 heavy (non-hydrogen) atoms. The third-order valence-electron chi connectivity index (χ3n) is 3.50. The third-order valence-corrected chi connectivity index (χ3v) is 3.50. The van der Waals surface area contributed by atoms with Crippen molar-refractivity contribution in [3.05, 3.63) is 23.8 Å². The van der Waals surface area contributed by atoms with Gasteiger partial charge < -0.3 is 9.47 Å². The standard InChI is InChI=1S/C14H16O4/c1-9(15)14(6-7-14)13(16)10-4-5-11(17-2)12(8-10)18-3/h4-5,8H,6-7H2,1-3H3. The largest absolute Gasteiger partial charge is 0.493 e. The fourth-order valence-electron chi connectivity index (χ4n) is 2.12. The molecule has 4 heteroatoms. The zero-order valence-corrected chi connectivity index (χ0v) is 10.8. The first-order chi connectivity index (χ1) is 8.55. The number of ether oxygens (including phenoxy) is 2. The Bertz CT molecular complexity index is 501. The van der Waals surface area contributed by atoms with Crippen molar-refractivity contribution >= 4 is 11.6 Å². The van der Waals surface area contributed by atoms with Crippen molar-refractivity contribution in [1.82, 2.24) is 0 Å².